The van der Waals surface area contributed by atoms with Gasteiger partial charge in [0.15, 0.2) is 0 Å². The van der Waals surface area contributed by atoms with E-state index in [2.05, 4.69) is 34.7 Å². The van der Waals surface area contributed by atoms with Crippen LogP contribution in [-0.4, -0.2) is 9.38 Å². The van der Waals surface area contributed by atoms with E-state index in [1.807, 2.05) is 18.2 Å². The van der Waals surface area contributed by atoms with E-state index in [4.69, 9.17) is 0 Å². The molecule has 0 fully saturated rings. The quantitative estimate of drug-likeness (QED) is 0.788. The highest BCUT2D eigenvalue weighted by Gasteiger charge is 2.10. The molecule has 3 aromatic rings. The summed E-state index contributed by atoms with van der Waals surface area (Å²) < 4.78 is 1.56. The molecular weight excluding hydrogens is 282 g/mol. The van der Waals surface area contributed by atoms with Crippen molar-refractivity contribution in [3.8, 4) is 0 Å². The van der Waals surface area contributed by atoms with E-state index in [1.54, 1.807) is 28.0 Å². The van der Waals surface area contributed by atoms with Crippen LogP contribution in [-0.2, 0) is 6.54 Å². The van der Waals surface area contributed by atoms with Gasteiger partial charge in [0, 0.05) is 29.7 Å². The number of thiophene rings is 1. The van der Waals surface area contributed by atoms with Gasteiger partial charge in [-0.25, -0.2) is 4.98 Å². The molecule has 1 atom stereocenters. The first-order valence-corrected chi connectivity index (χ1v) is 7.90. The molecule has 0 amide bonds. The lowest BCUT2D eigenvalue weighted by Crippen LogP contribution is -2.22. The number of hydrogen-bond donors (Lipinski definition) is 1. The Balaban J connectivity index is 1.80. The Labute approximate surface area is 127 Å². The first-order valence-electron chi connectivity index (χ1n) is 7.02. The number of nitrogens with one attached hydrogen (secondary N) is 1. The van der Waals surface area contributed by atoms with Crippen molar-refractivity contribution >= 4 is 17.0 Å². The summed E-state index contributed by atoms with van der Waals surface area (Å²) in [6, 6.07) is 11.7. The molecule has 0 radical (unpaired) electrons. The minimum atomic E-state index is -0.0402. The maximum atomic E-state index is 12.0. The second-order valence-corrected chi connectivity index (χ2v) is 5.85. The van der Waals surface area contributed by atoms with Crippen LogP contribution in [0.1, 0.15) is 30.0 Å². The highest BCUT2D eigenvalue weighted by Crippen LogP contribution is 2.21. The van der Waals surface area contributed by atoms with Crippen molar-refractivity contribution in [3.63, 3.8) is 0 Å². The smallest absolute Gasteiger partial charge is 0.258 e. The molecule has 0 aliphatic heterocycles. The van der Waals surface area contributed by atoms with Crippen molar-refractivity contribution in [2.75, 3.05) is 0 Å². The largest absolute Gasteiger partial charge is 0.304 e. The molecule has 5 heteroatoms. The number of fused-ring (bicyclic) bond motifs is 1. The van der Waals surface area contributed by atoms with Crippen LogP contribution in [0, 0.1) is 0 Å². The maximum absolute atomic E-state index is 12.0. The lowest BCUT2D eigenvalue weighted by molar-refractivity contribution is 0.521. The number of nitrogens with zero attached hydrogens (tertiary/aromatic N) is 2. The Bertz CT molecular complexity index is 780. The third-order valence-electron chi connectivity index (χ3n) is 3.45. The summed E-state index contributed by atoms with van der Waals surface area (Å²) in [4.78, 5) is 17.9. The molecule has 0 saturated carbocycles. The van der Waals surface area contributed by atoms with Crippen LogP contribution >= 0.6 is 11.3 Å². The van der Waals surface area contributed by atoms with Crippen molar-refractivity contribution in [3.05, 3.63) is 68.9 Å². The summed E-state index contributed by atoms with van der Waals surface area (Å²) >= 11 is 1.75. The van der Waals surface area contributed by atoms with Gasteiger partial charge in [0.05, 0.1) is 5.69 Å². The highest BCUT2D eigenvalue weighted by molar-refractivity contribution is 7.10. The van der Waals surface area contributed by atoms with Gasteiger partial charge in [0.25, 0.3) is 5.56 Å². The van der Waals surface area contributed by atoms with Crippen LogP contribution in [0.25, 0.3) is 5.65 Å². The van der Waals surface area contributed by atoms with E-state index in [-0.39, 0.29) is 5.56 Å². The molecule has 1 N–H and O–H groups in total. The van der Waals surface area contributed by atoms with Crippen LogP contribution in [0.4, 0.5) is 0 Å². The first-order chi connectivity index (χ1) is 10.3. The predicted molar refractivity (Wildman–Crippen MR) is 85.7 cm³/mol. The summed E-state index contributed by atoms with van der Waals surface area (Å²) in [5, 5.41) is 5.56. The summed E-state index contributed by atoms with van der Waals surface area (Å²) in [5.74, 6) is 0. The highest BCUT2D eigenvalue weighted by atomic mass is 32.1. The van der Waals surface area contributed by atoms with E-state index < -0.39 is 0 Å². The fourth-order valence-corrected chi connectivity index (χ4v) is 3.24. The zero-order valence-corrected chi connectivity index (χ0v) is 12.6. The fraction of sp³-hybridized carbons (Fsp3) is 0.250. The zero-order chi connectivity index (χ0) is 14.7. The average Bonchev–Trinajstić information content (AvgIpc) is 3.02. The topological polar surface area (TPSA) is 46.4 Å². The number of pyridine rings is 1. The Morgan fingerprint density at radius 3 is 3.00 bits per heavy atom. The number of hydrogen-bond acceptors (Lipinski definition) is 4. The van der Waals surface area contributed by atoms with Crippen molar-refractivity contribution in [1.29, 1.82) is 0 Å². The van der Waals surface area contributed by atoms with Gasteiger partial charge in [-0.1, -0.05) is 19.1 Å². The molecule has 3 aromatic heterocycles. The fourth-order valence-electron chi connectivity index (χ4n) is 2.36. The van der Waals surface area contributed by atoms with Gasteiger partial charge >= 0.3 is 0 Å². The van der Waals surface area contributed by atoms with E-state index in [0.29, 0.717) is 18.2 Å². The summed E-state index contributed by atoms with van der Waals surface area (Å²) in [5.41, 5.74) is 1.42. The van der Waals surface area contributed by atoms with Crippen LogP contribution in [0.15, 0.2) is 52.8 Å². The summed E-state index contributed by atoms with van der Waals surface area (Å²) in [6.45, 7) is 2.75. The van der Waals surface area contributed by atoms with Crippen LogP contribution in [0.2, 0.25) is 0 Å². The second-order valence-electron chi connectivity index (χ2n) is 4.87. The van der Waals surface area contributed by atoms with Crippen molar-refractivity contribution in [1.82, 2.24) is 14.7 Å². The summed E-state index contributed by atoms with van der Waals surface area (Å²) in [7, 11) is 0. The average molecular weight is 299 g/mol. The molecule has 0 aromatic carbocycles. The van der Waals surface area contributed by atoms with Crippen LogP contribution in [0.3, 0.4) is 0 Å². The molecule has 0 spiro atoms. The van der Waals surface area contributed by atoms with Gasteiger partial charge in [-0.3, -0.25) is 9.20 Å². The molecular formula is C16H17N3OS. The van der Waals surface area contributed by atoms with Crippen molar-refractivity contribution in [2.24, 2.45) is 0 Å². The van der Waals surface area contributed by atoms with E-state index in [1.165, 1.54) is 4.88 Å². The number of rotatable bonds is 5. The molecule has 108 valence electrons. The third-order valence-corrected chi connectivity index (χ3v) is 4.43. The Hall–Kier alpha value is -1.98. The lowest BCUT2D eigenvalue weighted by Gasteiger charge is -2.15. The zero-order valence-electron chi connectivity index (χ0n) is 11.8. The molecule has 0 aliphatic rings. The molecule has 21 heavy (non-hydrogen) atoms. The van der Waals surface area contributed by atoms with Crippen LogP contribution in [0.5, 0.6) is 0 Å². The van der Waals surface area contributed by atoms with Gasteiger partial charge in [-0.2, -0.15) is 0 Å². The minimum Gasteiger partial charge on any atom is -0.304 e. The first kappa shape index (κ1) is 14.0. The van der Waals surface area contributed by atoms with Gasteiger partial charge in [-0.05, 0) is 30.0 Å². The minimum absolute atomic E-state index is 0.0402. The Kier molecular flexibility index (Phi) is 4.13. The monoisotopic (exact) mass is 299 g/mol. The van der Waals surface area contributed by atoms with Crippen LogP contribution < -0.4 is 10.9 Å². The molecule has 0 bridgehead atoms. The molecule has 3 heterocycles. The van der Waals surface area contributed by atoms with Gasteiger partial charge in [-0.15, -0.1) is 11.3 Å². The van der Waals surface area contributed by atoms with Gasteiger partial charge in [0.1, 0.15) is 5.65 Å². The molecule has 4 nitrogen and oxygen atoms in total. The number of aromatic nitrogens is 2. The molecule has 0 saturated heterocycles. The Morgan fingerprint density at radius 1 is 1.33 bits per heavy atom. The van der Waals surface area contributed by atoms with Crippen molar-refractivity contribution in [2.45, 2.75) is 25.9 Å². The predicted octanol–water partition coefficient (Wildman–Crippen LogP) is 3.00. The van der Waals surface area contributed by atoms with Crippen molar-refractivity contribution < 1.29 is 0 Å². The third kappa shape index (κ3) is 3.04. The summed E-state index contributed by atoms with van der Waals surface area (Å²) in [6.07, 6.45) is 2.75. The normalized spacial score (nSPS) is 12.6. The standard InChI is InChI=1S/C16H17N3OS/c1-2-13(14-6-5-9-21-14)17-11-12-10-16(20)19-8-4-3-7-15(19)18-12/h3-10,13,17H,2,11H2,1H3. The molecule has 1 unspecified atom stereocenters. The van der Waals surface area contributed by atoms with E-state index in [9.17, 15) is 4.79 Å². The second kappa shape index (κ2) is 6.20. The molecule has 3 rings (SSSR count). The van der Waals surface area contributed by atoms with E-state index >= 15 is 0 Å². The Morgan fingerprint density at radius 2 is 2.24 bits per heavy atom. The molecule has 0 aliphatic carbocycles. The maximum Gasteiger partial charge on any atom is 0.258 e. The lowest BCUT2D eigenvalue weighted by atomic mass is 10.2. The SMILES string of the molecule is CCC(NCc1cc(=O)n2ccccc2n1)c1cccs1. The van der Waals surface area contributed by atoms with Gasteiger partial charge < -0.3 is 5.32 Å². The van der Waals surface area contributed by atoms with E-state index in [0.717, 1.165) is 12.1 Å². The van der Waals surface area contributed by atoms with Gasteiger partial charge in [0.2, 0.25) is 0 Å².